The summed E-state index contributed by atoms with van der Waals surface area (Å²) in [6.07, 6.45) is 2.55. The van der Waals surface area contributed by atoms with Gasteiger partial charge in [-0.2, -0.15) is 0 Å². The van der Waals surface area contributed by atoms with Gasteiger partial charge in [0.15, 0.2) is 0 Å². The molecule has 28 heavy (non-hydrogen) atoms. The van der Waals surface area contributed by atoms with Crippen LogP contribution in [-0.4, -0.2) is 51.3 Å². The fraction of sp³-hybridized carbons (Fsp3) is 0.600. The van der Waals surface area contributed by atoms with Crippen molar-refractivity contribution in [2.75, 3.05) is 25.1 Å². The van der Waals surface area contributed by atoms with E-state index in [4.69, 9.17) is 9.72 Å². The zero-order valence-corrected chi connectivity index (χ0v) is 17.1. The van der Waals surface area contributed by atoms with Crippen LogP contribution in [0, 0.1) is 11.8 Å². The number of carbonyl (C=O) groups is 1. The molecule has 0 aromatic carbocycles. The maximum absolute atomic E-state index is 12.1. The van der Waals surface area contributed by atoms with Crippen molar-refractivity contribution in [3.8, 4) is 11.4 Å². The van der Waals surface area contributed by atoms with Crippen molar-refractivity contribution >= 4 is 11.7 Å². The largest absolute Gasteiger partial charge is 0.469 e. The molecule has 0 radical (unpaired) electrons. The number of anilines is 1. The minimum absolute atomic E-state index is 0.0565. The summed E-state index contributed by atoms with van der Waals surface area (Å²) in [4.78, 5) is 19.2. The minimum atomic E-state index is -0.135. The van der Waals surface area contributed by atoms with Gasteiger partial charge in [-0.25, -0.2) is 9.67 Å². The average molecular weight is 387 g/mol. The number of aromatic nitrogens is 4. The molecule has 0 amide bonds. The molecule has 152 valence electrons. The van der Waals surface area contributed by atoms with Crippen molar-refractivity contribution in [3.63, 3.8) is 0 Å². The second-order valence-corrected chi connectivity index (χ2v) is 7.22. The van der Waals surface area contributed by atoms with Crippen molar-refractivity contribution in [2.24, 2.45) is 18.9 Å². The van der Waals surface area contributed by atoms with E-state index in [-0.39, 0.29) is 18.5 Å². The number of hydrogen-bond acceptors (Lipinski definition) is 7. The van der Waals surface area contributed by atoms with Crippen LogP contribution in [0.4, 0.5) is 5.69 Å². The molecular weight excluding hydrogens is 358 g/mol. The number of aliphatic hydroxyl groups is 1. The summed E-state index contributed by atoms with van der Waals surface area (Å²) < 4.78 is 6.55. The number of pyridine rings is 1. The number of carbonyl (C=O) groups excluding carboxylic acids is 1. The number of rotatable bonds is 7. The second kappa shape index (κ2) is 8.68. The van der Waals surface area contributed by atoms with Crippen molar-refractivity contribution in [1.82, 2.24) is 20.0 Å². The van der Waals surface area contributed by atoms with E-state index in [1.54, 1.807) is 11.7 Å². The van der Waals surface area contributed by atoms with E-state index in [2.05, 4.69) is 28.2 Å². The Morgan fingerprint density at radius 2 is 2.18 bits per heavy atom. The topological polar surface area (TPSA) is 93.4 Å². The highest BCUT2D eigenvalue weighted by molar-refractivity contribution is 5.73. The van der Waals surface area contributed by atoms with Crippen molar-refractivity contribution in [2.45, 2.75) is 39.7 Å². The van der Waals surface area contributed by atoms with Crippen molar-refractivity contribution in [1.29, 1.82) is 0 Å². The number of ether oxygens (including phenoxy) is 1. The van der Waals surface area contributed by atoms with Crippen LogP contribution in [0.15, 0.2) is 12.1 Å². The predicted molar refractivity (Wildman–Crippen MR) is 106 cm³/mol. The molecule has 1 saturated heterocycles. The molecule has 0 spiro atoms. The van der Waals surface area contributed by atoms with Gasteiger partial charge in [-0.1, -0.05) is 19.1 Å². The SMILES string of the molecule is CCc1nc(-c2nnn(C)c2CO)ccc1N1CCC(C(CC)C(=O)OC)C1. The van der Waals surface area contributed by atoms with Gasteiger partial charge in [0.05, 0.1) is 42.4 Å². The first-order valence-electron chi connectivity index (χ1n) is 9.86. The highest BCUT2D eigenvalue weighted by atomic mass is 16.5. The fourth-order valence-corrected chi connectivity index (χ4v) is 4.11. The third-order valence-corrected chi connectivity index (χ3v) is 5.70. The third-order valence-electron chi connectivity index (χ3n) is 5.70. The van der Waals surface area contributed by atoms with Crippen LogP contribution in [0.5, 0.6) is 0 Å². The standard InChI is InChI=1S/C20H29N5O3/c1-5-14(20(27)28-4)13-9-10-25(11-13)17-8-7-16(21-15(17)6-2)19-18(12-26)24(3)23-22-19/h7-8,13-14,26H,5-6,9-12H2,1-4H3. The maximum atomic E-state index is 12.1. The monoisotopic (exact) mass is 387 g/mol. The van der Waals surface area contributed by atoms with E-state index >= 15 is 0 Å². The Hall–Kier alpha value is -2.48. The molecule has 1 fully saturated rings. The van der Waals surface area contributed by atoms with Crippen LogP contribution in [0.25, 0.3) is 11.4 Å². The molecule has 8 nitrogen and oxygen atoms in total. The molecule has 0 bridgehead atoms. The minimum Gasteiger partial charge on any atom is -0.469 e. The fourth-order valence-electron chi connectivity index (χ4n) is 4.11. The van der Waals surface area contributed by atoms with Crippen LogP contribution < -0.4 is 4.90 Å². The Morgan fingerprint density at radius 3 is 2.82 bits per heavy atom. The van der Waals surface area contributed by atoms with Gasteiger partial charge in [0.2, 0.25) is 0 Å². The van der Waals surface area contributed by atoms with Crippen molar-refractivity contribution in [3.05, 3.63) is 23.5 Å². The lowest BCUT2D eigenvalue weighted by molar-refractivity contribution is -0.147. The molecule has 8 heteroatoms. The molecule has 2 atom stereocenters. The molecule has 1 aliphatic rings. The maximum Gasteiger partial charge on any atom is 0.308 e. The average Bonchev–Trinajstić information content (AvgIpc) is 3.34. The molecule has 0 aliphatic carbocycles. The number of methoxy groups -OCH3 is 1. The number of hydrogen-bond donors (Lipinski definition) is 1. The van der Waals surface area contributed by atoms with E-state index in [0.29, 0.717) is 17.3 Å². The zero-order valence-electron chi connectivity index (χ0n) is 17.1. The van der Waals surface area contributed by atoms with Crippen LogP contribution in [-0.2, 0) is 29.6 Å². The van der Waals surface area contributed by atoms with Gasteiger partial charge in [0.25, 0.3) is 0 Å². The Labute approximate surface area is 165 Å². The molecule has 2 aromatic rings. The number of esters is 1. The van der Waals surface area contributed by atoms with E-state index in [0.717, 1.165) is 49.4 Å². The first-order chi connectivity index (χ1) is 13.5. The van der Waals surface area contributed by atoms with Crippen molar-refractivity contribution < 1.29 is 14.6 Å². The van der Waals surface area contributed by atoms with Gasteiger partial charge in [-0.3, -0.25) is 4.79 Å². The predicted octanol–water partition coefficient (Wildman–Crippen LogP) is 1.96. The molecular formula is C20H29N5O3. The third kappa shape index (κ3) is 3.73. The Bertz CT molecular complexity index is 835. The van der Waals surface area contributed by atoms with Crippen LogP contribution in [0.2, 0.25) is 0 Å². The first kappa shape index (κ1) is 20.3. The Kier molecular flexibility index (Phi) is 6.28. The summed E-state index contributed by atoms with van der Waals surface area (Å²) in [6.45, 7) is 5.71. The molecule has 0 saturated carbocycles. The van der Waals surface area contributed by atoms with Gasteiger partial charge >= 0.3 is 5.97 Å². The lowest BCUT2D eigenvalue weighted by Gasteiger charge is -2.23. The quantitative estimate of drug-likeness (QED) is 0.726. The van der Waals surface area contributed by atoms with Gasteiger partial charge < -0.3 is 14.7 Å². The first-order valence-corrected chi connectivity index (χ1v) is 9.86. The van der Waals surface area contributed by atoms with Gasteiger partial charge in [0, 0.05) is 20.1 Å². The Morgan fingerprint density at radius 1 is 1.39 bits per heavy atom. The number of aliphatic hydroxyl groups excluding tert-OH is 1. The van der Waals surface area contributed by atoms with Crippen LogP contribution >= 0.6 is 0 Å². The van der Waals surface area contributed by atoms with Crippen LogP contribution in [0.3, 0.4) is 0 Å². The highest BCUT2D eigenvalue weighted by Gasteiger charge is 2.34. The summed E-state index contributed by atoms with van der Waals surface area (Å²) in [5, 5.41) is 17.8. The van der Waals surface area contributed by atoms with Gasteiger partial charge in [-0.15, -0.1) is 5.10 Å². The second-order valence-electron chi connectivity index (χ2n) is 7.22. The summed E-state index contributed by atoms with van der Waals surface area (Å²) in [5.41, 5.74) is 4.06. The summed E-state index contributed by atoms with van der Waals surface area (Å²) >= 11 is 0. The smallest absolute Gasteiger partial charge is 0.308 e. The van der Waals surface area contributed by atoms with Crippen LogP contribution in [0.1, 0.15) is 38.1 Å². The molecule has 1 aliphatic heterocycles. The molecule has 3 heterocycles. The molecule has 3 rings (SSSR count). The lowest BCUT2D eigenvalue weighted by atomic mass is 9.89. The van der Waals surface area contributed by atoms with Gasteiger partial charge in [-0.05, 0) is 37.3 Å². The van der Waals surface area contributed by atoms with E-state index < -0.39 is 0 Å². The molecule has 2 aromatic heterocycles. The van der Waals surface area contributed by atoms with E-state index in [1.165, 1.54) is 7.11 Å². The van der Waals surface area contributed by atoms with E-state index in [1.807, 2.05) is 13.0 Å². The zero-order chi connectivity index (χ0) is 20.3. The Balaban J connectivity index is 1.84. The normalized spacial score (nSPS) is 17.8. The molecule has 1 N–H and O–H groups in total. The summed E-state index contributed by atoms with van der Waals surface area (Å²) in [7, 11) is 3.22. The van der Waals surface area contributed by atoms with E-state index in [9.17, 15) is 9.90 Å². The highest BCUT2D eigenvalue weighted by Crippen LogP contribution is 2.33. The number of nitrogens with zero attached hydrogens (tertiary/aromatic N) is 5. The summed E-state index contributed by atoms with van der Waals surface area (Å²) in [6, 6.07) is 4.00. The lowest BCUT2D eigenvalue weighted by Crippen LogP contribution is -2.28. The molecule has 2 unspecified atom stereocenters. The number of aryl methyl sites for hydroxylation is 2. The summed E-state index contributed by atoms with van der Waals surface area (Å²) in [5.74, 6) is 0.125. The van der Waals surface area contributed by atoms with Gasteiger partial charge in [0.1, 0.15) is 5.69 Å².